The highest BCUT2D eigenvalue weighted by Crippen LogP contribution is 2.37. The summed E-state index contributed by atoms with van der Waals surface area (Å²) in [6, 6.07) is 7.55. The molecule has 4 heterocycles. The first kappa shape index (κ1) is 21.1. The number of hydrogen-bond acceptors (Lipinski definition) is 8. The lowest BCUT2D eigenvalue weighted by Crippen LogP contribution is -2.17. The molecule has 0 spiro atoms. The number of nitrogen functional groups attached to an aromatic ring is 1. The number of rotatable bonds is 7. The van der Waals surface area contributed by atoms with Gasteiger partial charge in [0.2, 0.25) is 0 Å². The Hall–Kier alpha value is -4.80. The summed E-state index contributed by atoms with van der Waals surface area (Å²) in [4.78, 5) is 29.3. The molecule has 11 nitrogen and oxygen atoms in total. The third kappa shape index (κ3) is 3.90. The predicted molar refractivity (Wildman–Crippen MR) is 126 cm³/mol. The molecule has 11 heteroatoms. The number of aromatic amines is 1. The van der Waals surface area contributed by atoms with Gasteiger partial charge in [0.1, 0.15) is 6.61 Å². The highest BCUT2D eigenvalue weighted by Gasteiger charge is 2.20. The van der Waals surface area contributed by atoms with Crippen molar-refractivity contribution >= 4 is 22.5 Å². The van der Waals surface area contributed by atoms with Crippen LogP contribution in [0, 0.1) is 6.92 Å². The van der Waals surface area contributed by atoms with Crippen LogP contribution in [0.2, 0.25) is 0 Å². The maximum atomic E-state index is 12.2. The van der Waals surface area contributed by atoms with Gasteiger partial charge in [-0.15, -0.1) is 0 Å². The van der Waals surface area contributed by atoms with Crippen LogP contribution in [-0.4, -0.2) is 47.2 Å². The molecule has 0 atom stereocenters. The Morgan fingerprint density at radius 3 is 2.85 bits per heavy atom. The second kappa shape index (κ2) is 8.62. The van der Waals surface area contributed by atoms with Crippen LogP contribution in [0.3, 0.4) is 0 Å². The number of nitrogens with two attached hydrogens (primary N) is 2. The molecule has 34 heavy (non-hydrogen) atoms. The molecule has 0 unspecified atom stereocenters. The van der Waals surface area contributed by atoms with Gasteiger partial charge in [0.15, 0.2) is 5.69 Å². The molecule has 0 aliphatic carbocycles. The van der Waals surface area contributed by atoms with E-state index in [2.05, 4.69) is 30.1 Å². The maximum Gasteiger partial charge on any atom is 0.317 e. The third-order valence-electron chi connectivity index (χ3n) is 5.43. The van der Waals surface area contributed by atoms with Crippen molar-refractivity contribution in [2.24, 2.45) is 5.73 Å². The smallest absolute Gasteiger partial charge is 0.317 e. The second-order valence-corrected chi connectivity index (χ2v) is 7.64. The molecule has 0 fully saturated rings. The Labute approximate surface area is 193 Å². The molecule has 5 aromatic rings. The van der Waals surface area contributed by atoms with Crippen LogP contribution in [0.5, 0.6) is 6.01 Å². The molecule has 0 bridgehead atoms. The van der Waals surface area contributed by atoms with E-state index in [1.165, 1.54) is 0 Å². The Kier molecular flexibility index (Phi) is 5.34. The molecule has 5 N–H and O–H groups in total. The predicted octanol–water partition coefficient (Wildman–Crippen LogP) is 2.35. The normalized spacial score (nSPS) is 11.1. The van der Waals surface area contributed by atoms with Crippen molar-refractivity contribution in [3.8, 4) is 28.5 Å². The SMILES string of the molecule is Cc1ccc2[nH]ncc2c1-c1cc(-c2ccnc(OCCn3ccnc3)n2)nc(C(N)=O)c1N. The number of anilines is 1. The zero-order valence-electron chi connectivity index (χ0n) is 18.3. The number of hydrogen-bond donors (Lipinski definition) is 3. The monoisotopic (exact) mass is 455 g/mol. The number of fused-ring (bicyclic) bond motifs is 1. The summed E-state index contributed by atoms with van der Waals surface area (Å²) in [7, 11) is 0. The van der Waals surface area contributed by atoms with Gasteiger partial charge in [-0.1, -0.05) is 6.07 Å². The minimum Gasteiger partial charge on any atom is -0.462 e. The van der Waals surface area contributed by atoms with Gasteiger partial charge >= 0.3 is 6.01 Å². The lowest BCUT2D eigenvalue weighted by Gasteiger charge is -2.15. The highest BCUT2D eigenvalue weighted by molar-refractivity contribution is 6.05. The van der Waals surface area contributed by atoms with Gasteiger partial charge in [-0.25, -0.2) is 15.0 Å². The summed E-state index contributed by atoms with van der Waals surface area (Å²) in [6.45, 7) is 2.91. The second-order valence-electron chi connectivity index (χ2n) is 7.64. The molecule has 4 aromatic heterocycles. The van der Waals surface area contributed by atoms with Crippen LogP contribution in [-0.2, 0) is 6.54 Å². The molecule has 0 aliphatic heterocycles. The molecular weight excluding hydrogens is 434 g/mol. The van der Waals surface area contributed by atoms with Crippen molar-refractivity contribution in [1.29, 1.82) is 0 Å². The summed E-state index contributed by atoms with van der Waals surface area (Å²) in [5.41, 5.74) is 16.3. The number of aryl methyl sites for hydroxylation is 1. The van der Waals surface area contributed by atoms with Crippen LogP contribution in [0.4, 0.5) is 5.69 Å². The van der Waals surface area contributed by atoms with Crippen LogP contribution in [0.15, 0.2) is 55.4 Å². The Morgan fingerprint density at radius 1 is 1.18 bits per heavy atom. The van der Waals surface area contributed by atoms with E-state index in [9.17, 15) is 4.79 Å². The summed E-state index contributed by atoms with van der Waals surface area (Å²) in [6.07, 6.45) is 8.53. The molecular formula is C23H21N9O2. The third-order valence-corrected chi connectivity index (χ3v) is 5.43. The molecule has 170 valence electrons. The topological polar surface area (TPSA) is 164 Å². The van der Waals surface area contributed by atoms with E-state index in [1.54, 1.807) is 37.1 Å². The minimum atomic E-state index is -0.733. The zero-order valence-corrected chi connectivity index (χ0v) is 18.3. The lowest BCUT2D eigenvalue weighted by atomic mass is 9.94. The Morgan fingerprint density at radius 2 is 2.06 bits per heavy atom. The number of benzene rings is 1. The first-order valence-corrected chi connectivity index (χ1v) is 10.5. The van der Waals surface area contributed by atoms with E-state index >= 15 is 0 Å². The van der Waals surface area contributed by atoms with Gasteiger partial charge in [0.25, 0.3) is 5.91 Å². The molecule has 0 aliphatic rings. The number of imidazole rings is 1. The van der Waals surface area contributed by atoms with E-state index in [0.29, 0.717) is 30.1 Å². The van der Waals surface area contributed by atoms with E-state index in [4.69, 9.17) is 16.2 Å². The van der Waals surface area contributed by atoms with Crippen molar-refractivity contribution in [3.63, 3.8) is 0 Å². The molecule has 1 amide bonds. The number of pyridine rings is 1. The summed E-state index contributed by atoms with van der Waals surface area (Å²) in [5.74, 6) is -0.733. The average molecular weight is 455 g/mol. The van der Waals surface area contributed by atoms with Crippen molar-refractivity contribution in [1.82, 2.24) is 34.7 Å². The standard InChI is InChI=1S/C23H21N9O2/c1-13-2-3-16-15(11-28-31-16)19(13)14-10-18(29-21(20(14)24)22(25)33)17-4-5-27-23(30-17)34-9-8-32-7-6-26-12-32/h2-7,10-12H,8-9,24H2,1H3,(H2,25,33)(H,28,31). The van der Waals surface area contributed by atoms with Crippen molar-refractivity contribution in [3.05, 3.63) is 66.6 Å². The average Bonchev–Trinajstić information content (AvgIpc) is 3.52. The molecule has 0 saturated carbocycles. The molecule has 1 aromatic carbocycles. The Balaban J connectivity index is 1.56. The fourth-order valence-electron chi connectivity index (χ4n) is 3.78. The van der Waals surface area contributed by atoms with Gasteiger partial charge in [-0.05, 0) is 36.2 Å². The quantitative estimate of drug-likeness (QED) is 0.336. The van der Waals surface area contributed by atoms with Crippen LogP contribution < -0.4 is 16.2 Å². The summed E-state index contributed by atoms with van der Waals surface area (Å²) >= 11 is 0. The van der Waals surface area contributed by atoms with E-state index in [0.717, 1.165) is 22.0 Å². The number of aromatic nitrogens is 7. The van der Waals surface area contributed by atoms with Crippen molar-refractivity contribution in [2.75, 3.05) is 12.3 Å². The van der Waals surface area contributed by atoms with Gasteiger partial charge in [0.05, 0.1) is 41.7 Å². The van der Waals surface area contributed by atoms with E-state index in [-0.39, 0.29) is 17.4 Å². The number of carbonyl (C=O) groups is 1. The number of nitrogens with zero attached hydrogens (tertiary/aromatic N) is 6. The van der Waals surface area contributed by atoms with Gasteiger partial charge in [-0.2, -0.15) is 10.1 Å². The number of ether oxygens (including phenoxy) is 1. The number of nitrogens with one attached hydrogen (secondary N) is 1. The fourth-order valence-corrected chi connectivity index (χ4v) is 3.78. The number of H-pyrrole nitrogens is 1. The van der Waals surface area contributed by atoms with Crippen LogP contribution in [0.25, 0.3) is 33.4 Å². The number of amides is 1. The Bertz CT molecular complexity index is 1490. The first-order chi connectivity index (χ1) is 16.5. The lowest BCUT2D eigenvalue weighted by molar-refractivity contribution is 0.0996. The van der Waals surface area contributed by atoms with Crippen LogP contribution in [0.1, 0.15) is 16.1 Å². The first-order valence-electron chi connectivity index (χ1n) is 10.5. The molecule has 0 saturated heterocycles. The van der Waals surface area contributed by atoms with E-state index in [1.807, 2.05) is 29.8 Å². The largest absolute Gasteiger partial charge is 0.462 e. The summed E-state index contributed by atoms with van der Waals surface area (Å²) < 4.78 is 7.58. The number of carbonyl (C=O) groups excluding carboxylic acids is 1. The number of primary amides is 1. The molecule has 5 rings (SSSR count). The zero-order chi connectivity index (χ0) is 23.7. The molecule has 0 radical (unpaired) electrons. The van der Waals surface area contributed by atoms with Crippen molar-refractivity contribution in [2.45, 2.75) is 13.5 Å². The summed E-state index contributed by atoms with van der Waals surface area (Å²) in [5, 5.41) is 7.96. The minimum absolute atomic E-state index is 0.0337. The van der Waals surface area contributed by atoms with Gasteiger partial charge in [-0.3, -0.25) is 9.89 Å². The highest BCUT2D eigenvalue weighted by atomic mass is 16.5. The van der Waals surface area contributed by atoms with Gasteiger partial charge < -0.3 is 20.8 Å². The maximum absolute atomic E-state index is 12.2. The van der Waals surface area contributed by atoms with Gasteiger partial charge in [0, 0.05) is 29.5 Å². The van der Waals surface area contributed by atoms with E-state index < -0.39 is 5.91 Å². The fraction of sp³-hybridized carbons (Fsp3) is 0.130. The van der Waals surface area contributed by atoms with Crippen molar-refractivity contribution < 1.29 is 9.53 Å². The van der Waals surface area contributed by atoms with Crippen LogP contribution >= 0.6 is 0 Å².